The van der Waals surface area contributed by atoms with E-state index in [1.807, 2.05) is 0 Å². The number of Topliss-reactive ketones (excluding diaryl/α,β-unsaturated/α-hetero) is 1. The third-order valence-electron chi connectivity index (χ3n) is 1.50. The molecule has 0 saturated heterocycles. The average molecular weight is 224 g/mol. The zero-order valence-electron chi connectivity index (χ0n) is 9.01. The van der Waals surface area contributed by atoms with Gasteiger partial charge in [0, 0.05) is 5.56 Å². The summed E-state index contributed by atoms with van der Waals surface area (Å²) in [6, 6.07) is 8.29. The van der Waals surface area contributed by atoms with Crippen molar-refractivity contribution in [2.75, 3.05) is 14.2 Å². The third kappa shape index (κ3) is 4.90. The number of methoxy groups -OCH3 is 2. The summed E-state index contributed by atoms with van der Waals surface area (Å²) in [4.78, 5) is 30.8. The first-order chi connectivity index (χ1) is 7.67. The maximum atomic E-state index is 11.1. The third-order valence-corrected chi connectivity index (χ3v) is 1.50. The lowest BCUT2D eigenvalue weighted by Gasteiger charge is -1.96. The summed E-state index contributed by atoms with van der Waals surface area (Å²) in [7, 11) is 2.50. The first-order valence-electron chi connectivity index (χ1n) is 4.31. The van der Waals surface area contributed by atoms with Crippen molar-refractivity contribution in [3.63, 3.8) is 0 Å². The molecule has 1 rings (SSSR count). The number of rotatable bonds is 3. The number of esters is 1. The van der Waals surface area contributed by atoms with Gasteiger partial charge in [-0.25, -0.2) is 4.79 Å². The van der Waals surface area contributed by atoms with E-state index in [0.29, 0.717) is 12.0 Å². The predicted molar refractivity (Wildman–Crippen MR) is 55.9 cm³/mol. The Bertz CT molecular complexity index is 345. The van der Waals surface area contributed by atoms with Crippen LogP contribution in [0.1, 0.15) is 10.4 Å². The minimum Gasteiger partial charge on any atom is -0.471 e. The van der Waals surface area contributed by atoms with Crippen LogP contribution in [-0.2, 0) is 19.1 Å². The Morgan fingerprint density at radius 2 is 1.62 bits per heavy atom. The maximum Gasteiger partial charge on any atom is 0.379 e. The average Bonchev–Trinajstić information content (AvgIpc) is 2.38. The van der Waals surface area contributed by atoms with Crippen LogP contribution < -0.4 is 0 Å². The Morgan fingerprint density at radius 3 is 2.00 bits per heavy atom. The second-order valence-corrected chi connectivity index (χ2v) is 2.52. The molecule has 86 valence electrons. The lowest BCUT2D eigenvalue weighted by Crippen LogP contribution is -2.15. The van der Waals surface area contributed by atoms with Crippen molar-refractivity contribution in [3.8, 4) is 0 Å². The van der Waals surface area contributed by atoms with Crippen molar-refractivity contribution < 1.29 is 23.9 Å². The van der Waals surface area contributed by atoms with E-state index in [2.05, 4.69) is 9.47 Å². The molecule has 0 radical (unpaired) electrons. The number of ether oxygens (including phenoxy) is 2. The number of benzene rings is 1. The van der Waals surface area contributed by atoms with E-state index in [0.717, 1.165) is 0 Å². The summed E-state index contributed by atoms with van der Waals surface area (Å²) >= 11 is 0. The van der Waals surface area contributed by atoms with Crippen molar-refractivity contribution in [3.05, 3.63) is 35.9 Å². The molecule has 1 aromatic rings. The molecule has 1 aromatic carbocycles. The van der Waals surface area contributed by atoms with E-state index in [-0.39, 0.29) is 0 Å². The smallest absolute Gasteiger partial charge is 0.379 e. The fourth-order valence-electron chi connectivity index (χ4n) is 0.800. The summed E-state index contributed by atoms with van der Waals surface area (Å²) in [6.07, 6.45) is 0. The summed E-state index contributed by atoms with van der Waals surface area (Å²) in [5.41, 5.74) is 0.351. The molecule has 0 aliphatic rings. The topological polar surface area (TPSA) is 69.7 Å². The minimum atomic E-state index is -0.832. The highest BCUT2D eigenvalue weighted by Gasteiger charge is 2.14. The molecule has 0 heterocycles. The Hall–Kier alpha value is -2.17. The van der Waals surface area contributed by atoms with Gasteiger partial charge in [-0.05, 0) is 0 Å². The van der Waals surface area contributed by atoms with Crippen molar-refractivity contribution >= 4 is 18.2 Å². The molecule has 0 aliphatic carbocycles. The summed E-state index contributed by atoms with van der Waals surface area (Å²) in [5, 5.41) is 0. The molecule has 0 bridgehead atoms. The molecule has 0 aliphatic heterocycles. The van der Waals surface area contributed by atoms with Crippen molar-refractivity contribution in [2.24, 2.45) is 0 Å². The number of hydrogen-bond acceptors (Lipinski definition) is 5. The Morgan fingerprint density at radius 1 is 1.12 bits per heavy atom. The van der Waals surface area contributed by atoms with Gasteiger partial charge in [-0.2, -0.15) is 0 Å². The van der Waals surface area contributed by atoms with E-state index in [9.17, 15) is 9.59 Å². The van der Waals surface area contributed by atoms with Gasteiger partial charge < -0.3 is 9.47 Å². The molecular formula is C11H12O5. The van der Waals surface area contributed by atoms with Gasteiger partial charge in [0.2, 0.25) is 0 Å². The fraction of sp³-hybridized carbons (Fsp3) is 0.182. The first-order valence-corrected chi connectivity index (χ1v) is 4.31. The van der Waals surface area contributed by atoms with Gasteiger partial charge in [-0.1, -0.05) is 30.3 Å². The van der Waals surface area contributed by atoms with Gasteiger partial charge in [0.25, 0.3) is 12.3 Å². The molecule has 0 unspecified atom stereocenters. The number of ketones is 1. The monoisotopic (exact) mass is 224 g/mol. The van der Waals surface area contributed by atoms with Crippen LogP contribution in [-0.4, -0.2) is 32.4 Å². The van der Waals surface area contributed by atoms with Gasteiger partial charge in [0.05, 0.1) is 14.2 Å². The maximum absolute atomic E-state index is 11.1. The van der Waals surface area contributed by atoms with Crippen LogP contribution in [0.4, 0.5) is 0 Å². The van der Waals surface area contributed by atoms with Gasteiger partial charge in [0.15, 0.2) is 0 Å². The number of carbonyl (C=O) groups is 3. The summed E-state index contributed by atoms with van der Waals surface area (Å²) in [6.45, 7) is 0.375. The predicted octanol–water partition coefficient (Wildman–Crippen LogP) is 0.831. The Labute approximate surface area is 93.0 Å². The molecule has 0 saturated carbocycles. The Balaban J connectivity index is 0.000000487. The normalized spacial score (nSPS) is 8.12. The molecule has 5 nitrogen and oxygen atoms in total. The molecule has 0 atom stereocenters. The zero-order chi connectivity index (χ0) is 12.4. The van der Waals surface area contributed by atoms with Crippen molar-refractivity contribution in [1.82, 2.24) is 0 Å². The van der Waals surface area contributed by atoms with Crippen LogP contribution in [0.15, 0.2) is 30.3 Å². The second kappa shape index (κ2) is 8.16. The van der Waals surface area contributed by atoms with Gasteiger partial charge in [0.1, 0.15) is 0 Å². The lowest BCUT2D eigenvalue weighted by atomic mass is 10.1. The molecule has 0 N–H and O–H groups in total. The highest BCUT2D eigenvalue weighted by molar-refractivity contribution is 6.40. The standard InChI is InChI=1S/C9H8O3.C2H4O2/c1-12-9(11)8(10)7-5-3-2-4-6-7;1-4-2-3/h2-6H,1H3;2H,1H3. The van der Waals surface area contributed by atoms with Gasteiger partial charge in [-0.15, -0.1) is 0 Å². The van der Waals surface area contributed by atoms with Gasteiger partial charge in [-0.3, -0.25) is 9.59 Å². The van der Waals surface area contributed by atoms with Crippen LogP contribution >= 0.6 is 0 Å². The molecule has 0 aromatic heterocycles. The van der Waals surface area contributed by atoms with Crippen LogP contribution in [0, 0.1) is 0 Å². The number of carbonyl (C=O) groups excluding carboxylic acids is 3. The first kappa shape index (κ1) is 13.8. The highest BCUT2D eigenvalue weighted by atomic mass is 16.5. The van der Waals surface area contributed by atoms with Crippen LogP contribution in [0.3, 0.4) is 0 Å². The quantitative estimate of drug-likeness (QED) is 0.329. The zero-order valence-corrected chi connectivity index (χ0v) is 9.01. The van der Waals surface area contributed by atoms with E-state index < -0.39 is 11.8 Å². The molecule has 0 amide bonds. The summed E-state index contributed by atoms with van der Waals surface area (Å²) < 4.78 is 8.14. The van der Waals surface area contributed by atoms with Crippen LogP contribution in [0.5, 0.6) is 0 Å². The molecule has 16 heavy (non-hydrogen) atoms. The fourth-order valence-corrected chi connectivity index (χ4v) is 0.800. The van der Waals surface area contributed by atoms with E-state index >= 15 is 0 Å². The molecular weight excluding hydrogens is 212 g/mol. The second-order valence-electron chi connectivity index (χ2n) is 2.52. The SMILES string of the molecule is COC(=O)C(=O)c1ccccc1.COC=O. The van der Waals surface area contributed by atoms with E-state index in [1.165, 1.54) is 14.2 Å². The van der Waals surface area contributed by atoms with Gasteiger partial charge >= 0.3 is 5.97 Å². The van der Waals surface area contributed by atoms with E-state index in [4.69, 9.17) is 4.79 Å². The molecule has 5 heteroatoms. The number of hydrogen-bond donors (Lipinski definition) is 0. The summed E-state index contributed by atoms with van der Waals surface area (Å²) in [5.74, 6) is -1.45. The van der Waals surface area contributed by atoms with Crippen LogP contribution in [0.2, 0.25) is 0 Å². The van der Waals surface area contributed by atoms with Crippen molar-refractivity contribution in [2.45, 2.75) is 0 Å². The highest BCUT2D eigenvalue weighted by Crippen LogP contribution is 2.00. The largest absolute Gasteiger partial charge is 0.471 e. The van der Waals surface area contributed by atoms with E-state index in [1.54, 1.807) is 30.3 Å². The molecule has 0 spiro atoms. The molecule has 0 fully saturated rings. The lowest BCUT2D eigenvalue weighted by molar-refractivity contribution is -0.135. The van der Waals surface area contributed by atoms with Crippen LogP contribution in [0.25, 0.3) is 0 Å². The Kier molecular flexibility index (Phi) is 7.06. The minimum absolute atomic E-state index is 0.351. The van der Waals surface area contributed by atoms with Crippen molar-refractivity contribution in [1.29, 1.82) is 0 Å².